The Bertz CT molecular complexity index is 1640. The van der Waals surface area contributed by atoms with Crippen LogP contribution in [0.4, 0.5) is 5.69 Å². The summed E-state index contributed by atoms with van der Waals surface area (Å²) in [5.74, 6) is 0.917. The van der Waals surface area contributed by atoms with Crippen molar-refractivity contribution in [2.24, 2.45) is 0 Å². The molecule has 0 spiro atoms. The lowest BCUT2D eigenvalue weighted by atomic mass is 10.1. The molecule has 0 aliphatic heterocycles. The van der Waals surface area contributed by atoms with Gasteiger partial charge in [-0.15, -0.1) is 11.8 Å². The van der Waals surface area contributed by atoms with Gasteiger partial charge in [-0.25, -0.2) is 13.4 Å². The van der Waals surface area contributed by atoms with Crippen molar-refractivity contribution in [3.05, 3.63) is 88.5 Å². The van der Waals surface area contributed by atoms with E-state index < -0.39 is 10.0 Å². The van der Waals surface area contributed by atoms with E-state index >= 15 is 0 Å². The maximum absolute atomic E-state index is 13.7. The smallest absolute Gasteiger partial charge is 0.265 e. The number of hydrogen-bond acceptors (Lipinski definition) is 6. The van der Waals surface area contributed by atoms with E-state index in [2.05, 4.69) is 9.88 Å². The van der Waals surface area contributed by atoms with Crippen molar-refractivity contribution in [1.29, 1.82) is 0 Å². The number of thioether (sulfide) groups is 1. The lowest BCUT2D eigenvalue weighted by Gasteiger charge is -2.25. The monoisotopic (exact) mass is 548 g/mol. The van der Waals surface area contributed by atoms with Gasteiger partial charge >= 0.3 is 0 Å². The molecule has 0 bridgehead atoms. The third kappa shape index (κ3) is 5.36. The molecule has 1 aliphatic rings. The first kappa shape index (κ1) is 26.5. The Kier molecular flexibility index (Phi) is 7.35. The highest BCUT2D eigenvalue weighted by molar-refractivity contribution is 7.99. The molecule has 1 fully saturated rings. The largest absolute Gasteiger partial charge is 0.309 e. The number of nitrogens with zero attached hydrogens (tertiary/aromatic N) is 4. The van der Waals surface area contributed by atoms with E-state index in [1.807, 2.05) is 70.4 Å². The number of aryl methyl sites for hydroxylation is 2. The maximum atomic E-state index is 13.7. The summed E-state index contributed by atoms with van der Waals surface area (Å²) in [5.41, 5.74) is 3.49. The minimum Gasteiger partial charge on any atom is -0.309 e. The average molecular weight is 549 g/mol. The molecule has 9 heteroatoms. The van der Waals surface area contributed by atoms with Crippen LogP contribution in [0.15, 0.2) is 81.6 Å². The van der Waals surface area contributed by atoms with Crippen molar-refractivity contribution in [2.45, 2.75) is 42.5 Å². The van der Waals surface area contributed by atoms with Crippen molar-refractivity contribution < 1.29 is 8.42 Å². The second-order valence-electron chi connectivity index (χ2n) is 10.1. The molecular formula is C29H32N4O3S2. The maximum Gasteiger partial charge on any atom is 0.265 e. The van der Waals surface area contributed by atoms with Crippen LogP contribution in [0, 0.1) is 13.8 Å². The molecule has 198 valence electrons. The number of benzene rings is 3. The molecule has 1 aromatic heterocycles. The Morgan fingerprint density at radius 3 is 2.42 bits per heavy atom. The van der Waals surface area contributed by atoms with Gasteiger partial charge in [-0.3, -0.25) is 13.7 Å². The van der Waals surface area contributed by atoms with Crippen molar-refractivity contribution in [3.8, 4) is 5.69 Å². The number of aromatic nitrogens is 2. The summed E-state index contributed by atoms with van der Waals surface area (Å²) >= 11 is 1.70. The molecule has 0 unspecified atom stereocenters. The van der Waals surface area contributed by atoms with E-state index in [1.165, 1.54) is 15.2 Å². The Hall–Kier alpha value is -3.14. The van der Waals surface area contributed by atoms with E-state index in [9.17, 15) is 13.2 Å². The number of hydrogen-bond donors (Lipinski definition) is 0. The van der Waals surface area contributed by atoms with Gasteiger partial charge in [-0.1, -0.05) is 23.8 Å². The Balaban J connectivity index is 1.55. The standard InChI is InChI=1S/C29H32N4O3S2/c1-20-5-12-25(13-6-20)38(35,36)33(22-9-10-22)23-8-7-21(2)28(17-23)32-19-30-27-14-11-24(18-26(27)29(32)34)37-16-15-31(3)4/h5-8,11-14,17-19,22H,9-10,15-16H2,1-4H3. The highest BCUT2D eigenvalue weighted by Gasteiger charge is 2.38. The molecule has 1 aliphatic carbocycles. The Morgan fingerprint density at radius 2 is 1.74 bits per heavy atom. The van der Waals surface area contributed by atoms with Crippen LogP contribution >= 0.6 is 11.8 Å². The van der Waals surface area contributed by atoms with Crippen LogP contribution in [0.5, 0.6) is 0 Å². The minimum atomic E-state index is -3.76. The molecular weight excluding hydrogens is 516 g/mol. The minimum absolute atomic E-state index is 0.0925. The summed E-state index contributed by atoms with van der Waals surface area (Å²) in [6.07, 6.45) is 3.14. The third-order valence-electron chi connectivity index (χ3n) is 6.70. The van der Waals surface area contributed by atoms with E-state index in [1.54, 1.807) is 30.0 Å². The molecule has 0 radical (unpaired) electrons. The summed E-state index contributed by atoms with van der Waals surface area (Å²) in [6.45, 7) is 4.79. The predicted molar refractivity (Wildman–Crippen MR) is 155 cm³/mol. The van der Waals surface area contributed by atoms with E-state index in [4.69, 9.17) is 0 Å². The van der Waals surface area contributed by atoms with Crippen molar-refractivity contribution >= 4 is 38.4 Å². The first-order valence-corrected chi connectivity index (χ1v) is 15.1. The molecule has 1 heterocycles. The molecule has 4 aromatic rings. The summed E-state index contributed by atoms with van der Waals surface area (Å²) in [6, 6.07) is 18.1. The predicted octanol–water partition coefficient (Wildman–Crippen LogP) is 5.01. The first-order valence-electron chi connectivity index (χ1n) is 12.7. The summed E-state index contributed by atoms with van der Waals surface area (Å²) in [4.78, 5) is 21.6. The van der Waals surface area contributed by atoms with Crippen LogP contribution < -0.4 is 9.86 Å². The average Bonchev–Trinajstić information content (AvgIpc) is 3.71. The quantitative estimate of drug-likeness (QED) is 0.274. The van der Waals surface area contributed by atoms with Crippen LogP contribution in [0.1, 0.15) is 24.0 Å². The van der Waals surface area contributed by atoms with E-state index in [0.717, 1.165) is 41.2 Å². The van der Waals surface area contributed by atoms with Gasteiger partial charge in [0.2, 0.25) is 0 Å². The molecule has 7 nitrogen and oxygen atoms in total. The molecule has 0 amide bonds. The lowest BCUT2D eigenvalue weighted by molar-refractivity contribution is 0.437. The summed E-state index contributed by atoms with van der Waals surface area (Å²) in [5, 5.41) is 0.540. The Morgan fingerprint density at radius 1 is 1.00 bits per heavy atom. The number of anilines is 1. The lowest BCUT2D eigenvalue weighted by Crippen LogP contribution is -2.33. The fraction of sp³-hybridized carbons (Fsp3) is 0.310. The normalized spacial score (nSPS) is 13.8. The van der Waals surface area contributed by atoms with Gasteiger partial charge in [0.15, 0.2) is 0 Å². The fourth-order valence-corrected chi connectivity index (χ4v) is 7.14. The molecule has 0 atom stereocenters. The van der Waals surface area contributed by atoms with E-state index in [0.29, 0.717) is 22.3 Å². The van der Waals surface area contributed by atoms with Gasteiger partial charge < -0.3 is 4.90 Å². The van der Waals surface area contributed by atoms with Gasteiger partial charge in [-0.2, -0.15) is 0 Å². The SMILES string of the molecule is Cc1ccc(S(=O)(=O)N(c2ccc(C)c(-n3cnc4ccc(SCCN(C)C)cc4c3=O)c2)C2CC2)cc1. The number of sulfonamides is 1. The summed E-state index contributed by atoms with van der Waals surface area (Å²) in [7, 11) is 0.315. The number of fused-ring (bicyclic) bond motifs is 1. The zero-order chi connectivity index (χ0) is 27.0. The molecule has 3 aromatic carbocycles. The van der Waals surface area contributed by atoms with E-state index in [-0.39, 0.29) is 16.5 Å². The number of rotatable bonds is 9. The highest BCUT2D eigenvalue weighted by Crippen LogP contribution is 2.37. The molecule has 1 saturated carbocycles. The van der Waals surface area contributed by atoms with Crippen molar-refractivity contribution in [2.75, 3.05) is 30.7 Å². The molecule has 38 heavy (non-hydrogen) atoms. The summed E-state index contributed by atoms with van der Waals surface area (Å²) < 4.78 is 30.5. The van der Waals surface area contributed by atoms with Gasteiger partial charge in [-0.05, 0) is 88.8 Å². The third-order valence-corrected chi connectivity index (χ3v) is 9.57. The van der Waals surface area contributed by atoms with Gasteiger partial charge in [0, 0.05) is 23.2 Å². The van der Waals surface area contributed by atoms with Crippen LogP contribution in [0.25, 0.3) is 16.6 Å². The van der Waals surface area contributed by atoms with Crippen LogP contribution in [0.2, 0.25) is 0 Å². The fourth-order valence-electron chi connectivity index (χ4n) is 4.38. The van der Waals surface area contributed by atoms with Gasteiger partial charge in [0.1, 0.15) is 6.33 Å². The van der Waals surface area contributed by atoms with Crippen molar-refractivity contribution in [3.63, 3.8) is 0 Å². The zero-order valence-corrected chi connectivity index (χ0v) is 23.7. The second-order valence-corrected chi connectivity index (χ2v) is 13.0. The first-order chi connectivity index (χ1) is 18.1. The van der Waals surface area contributed by atoms with Gasteiger partial charge in [0.05, 0.1) is 27.2 Å². The Labute approximate surface area is 228 Å². The zero-order valence-electron chi connectivity index (χ0n) is 22.1. The van der Waals surface area contributed by atoms with Crippen molar-refractivity contribution in [1.82, 2.24) is 14.5 Å². The molecule has 0 N–H and O–H groups in total. The second kappa shape index (κ2) is 10.6. The molecule has 0 saturated heterocycles. The van der Waals surface area contributed by atoms with Crippen LogP contribution in [-0.2, 0) is 10.0 Å². The molecule has 5 rings (SSSR count). The van der Waals surface area contributed by atoms with Gasteiger partial charge in [0.25, 0.3) is 15.6 Å². The topological polar surface area (TPSA) is 75.5 Å². The highest BCUT2D eigenvalue weighted by atomic mass is 32.2. The van der Waals surface area contributed by atoms with Crippen LogP contribution in [0.3, 0.4) is 0 Å². The van der Waals surface area contributed by atoms with Crippen LogP contribution in [-0.4, -0.2) is 55.3 Å².